The Balaban J connectivity index is 1.89. The van der Waals surface area contributed by atoms with Crippen molar-refractivity contribution in [2.24, 2.45) is 0 Å². The molecule has 0 radical (unpaired) electrons. The Bertz CT molecular complexity index is 959. The van der Waals surface area contributed by atoms with Crippen molar-refractivity contribution in [3.8, 4) is 5.75 Å². The van der Waals surface area contributed by atoms with Crippen LogP contribution in [0.1, 0.15) is 23.2 Å². The number of aromatic hydroxyl groups is 1. The van der Waals surface area contributed by atoms with Crippen LogP contribution in [0.4, 0.5) is 10.1 Å². The van der Waals surface area contributed by atoms with Gasteiger partial charge in [0, 0.05) is 13.1 Å². The molecule has 2 aromatic rings. The van der Waals surface area contributed by atoms with E-state index in [1.54, 1.807) is 0 Å². The van der Waals surface area contributed by atoms with Gasteiger partial charge in [-0.1, -0.05) is 11.6 Å². The number of carbonyl (C=O) groups is 1. The van der Waals surface area contributed by atoms with Gasteiger partial charge in [-0.05, 0) is 49.2 Å². The van der Waals surface area contributed by atoms with Gasteiger partial charge in [0.1, 0.15) is 11.6 Å². The average Bonchev–Trinajstić information content (AvgIpc) is 3.12. The molecule has 1 fully saturated rings. The number of sulfonamides is 1. The largest absolute Gasteiger partial charge is 0.506 e. The van der Waals surface area contributed by atoms with E-state index < -0.39 is 21.7 Å². The molecule has 0 bridgehead atoms. The molecule has 0 unspecified atom stereocenters. The van der Waals surface area contributed by atoms with Gasteiger partial charge in [-0.15, -0.1) is 0 Å². The van der Waals surface area contributed by atoms with E-state index in [0.717, 1.165) is 25.0 Å². The lowest BCUT2D eigenvalue weighted by Crippen LogP contribution is -2.28. The molecule has 1 amide bonds. The molecule has 9 heteroatoms. The van der Waals surface area contributed by atoms with Crippen molar-refractivity contribution < 1.29 is 22.7 Å². The number of amides is 1. The highest BCUT2D eigenvalue weighted by Gasteiger charge is 2.28. The molecule has 1 saturated heterocycles. The van der Waals surface area contributed by atoms with E-state index in [2.05, 4.69) is 5.32 Å². The highest BCUT2D eigenvalue weighted by Crippen LogP contribution is 2.30. The number of benzene rings is 2. The third-order valence-corrected chi connectivity index (χ3v) is 6.30. The van der Waals surface area contributed by atoms with E-state index >= 15 is 0 Å². The zero-order chi connectivity index (χ0) is 18.9. The zero-order valence-electron chi connectivity index (χ0n) is 13.6. The lowest BCUT2D eigenvalue weighted by molar-refractivity contribution is 0.102. The molecule has 2 N–H and O–H groups in total. The SMILES string of the molecule is O=C(Nc1cc(S(=O)(=O)N2CCCC2)ccc1O)c1ccc(F)cc1Cl. The number of phenolic OH excluding ortho intramolecular Hbond substituents is 1. The standard InChI is InChI=1S/C17H16ClFN2O4S/c18-14-9-11(19)3-5-13(14)17(23)20-15-10-12(4-6-16(15)22)26(24,25)21-7-1-2-8-21/h3-6,9-10,22H,1-2,7-8H2,(H,20,23). The summed E-state index contributed by atoms with van der Waals surface area (Å²) in [6, 6.07) is 6.95. The molecule has 0 aromatic heterocycles. The van der Waals surface area contributed by atoms with Crippen molar-refractivity contribution in [2.75, 3.05) is 18.4 Å². The van der Waals surface area contributed by atoms with Crippen molar-refractivity contribution >= 4 is 33.2 Å². The van der Waals surface area contributed by atoms with Gasteiger partial charge in [0.05, 0.1) is 21.2 Å². The minimum Gasteiger partial charge on any atom is -0.506 e. The first-order valence-electron chi connectivity index (χ1n) is 7.88. The van der Waals surface area contributed by atoms with Crippen LogP contribution < -0.4 is 5.32 Å². The average molecular weight is 399 g/mol. The molecular weight excluding hydrogens is 383 g/mol. The number of phenols is 1. The summed E-state index contributed by atoms with van der Waals surface area (Å²) in [5, 5.41) is 12.3. The zero-order valence-corrected chi connectivity index (χ0v) is 15.1. The number of halogens is 2. The number of rotatable bonds is 4. The number of nitrogens with zero attached hydrogens (tertiary/aromatic N) is 1. The first kappa shape index (κ1) is 18.6. The van der Waals surface area contributed by atoms with Crippen molar-refractivity contribution in [2.45, 2.75) is 17.7 Å². The van der Waals surface area contributed by atoms with Gasteiger partial charge in [0.2, 0.25) is 10.0 Å². The Hall–Kier alpha value is -2.16. The summed E-state index contributed by atoms with van der Waals surface area (Å²) in [6.45, 7) is 0.881. The summed E-state index contributed by atoms with van der Waals surface area (Å²) < 4.78 is 39.7. The molecule has 0 spiro atoms. The predicted molar refractivity (Wildman–Crippen MR) is 95.5 cm³/mol. The highest BCUT2D eigenvalue weighted by atomic mass is 35.5. The highest BCUT2D eigenvalue weighted by molar-refractivity contribution is 7.89. The molecule has 0 atom stereocenters. The third-order valence-electron chi connectivity index (χ3n) is 4.09. The second kappa shape index (κ2) is 7.22. The van der Waals surface area contributed by atoms with E-state index in [4.69, 9.17) is 11.6 Å². The normalized spacial score (nSPS) is 15.2. The van der Waals surface area contributed by atoms with Crippen LogP contribution in [0.5, 0.6) is 5.75 Å². The van der Waals surface area contributed by atoms with Gasteiger partial charge < -0.3 is 10.4 Å². The van der Waals surface area contributed by atoms with Gasteiger partial charge in [0.25, 0.3) is 5.91 Å². The third kappa shape index (κ3) is 3.67. The molecular formula is C17H16ClFN2O4S. The van der Waals surface area contributed by atoms with E-state index in [1.807, 2.05) is 0 Å². The Morgan fingerprint density at radius 2 is 1.85 bits per heavy atom. The van der Waals surface area contributed by atoms with E-state index in [0.29, 0.717) is 13.1 Å². The molecule has 26 heavy (non-hydrogen) atoms. The van der Waals surface area contributed by atoms with E-state index in [1.165, 1.54) is 28.6 Å². The van der Waals surface area contributed by atoms with Crippen molar-refractivity contribution in [1.82, 2.24) is 4.31 Å². The lowest BCUT2D eigenvalue weighted by Gasteiger charge is -2.17. The summed E-state index contributed by atoms with van der Waals surface area (Å²) >= 11 is 5.85. The first-order chi connectivity index (χ1) is 12.3. The lowest BCUT2D eigenvalue weighted by atomic mass is 10.2. The first-order valence-corrected chi connectivity index (χ1v) is 9.70. The monoisotopic (exact) mass is 398 g/mol. The van der Waals surface area contributed by atoms with Crippen LogP contribution in [0.2, 0.25) is 5.02 Å². The van der Waals surface area contributed by atoms with Crippen LogP contribution in [-0.2, 0) is 10.0 Å². The number of nitrogens with one attached hydrogen (secondary N) is 1. The van der Waals surface area contributed by atoms with Gasteiger partial charge in [0.15, 0.2) is 0 Å². The fraction of sp³-hybridized carbons (Fsp3) is 0.235. The molecule has 6 nitrogen and oxygen atoms in total. The van der Waals surface area contributed by atoms with Gasteiger partial charge in [-0.3, -0.25) is 4.79 Å². The molecule has 1 aliphatic rings. The van der Waals surface area contributed by atoms with Crippen LogP contribution >= 0.6 is 11.6 Å². The van der Waals surface area contributed by atoms with Gasteiger partial charge >= 0.3 is 0 Å². The fourth-order valence-electron chi connectivity index (χ4n) is 2.72. The van der Waals surface area contributed by atoms with Crippen molar-refractivity contribution in [1.29, 1.82) is 0 Å². The van der Waals surface area contributed by atoms with Crippen molar-refractivity contribution in [3.05, 3.63) is 52.8 Å². The molecule has 3 rings (SSSR count). The summed E-state index contributed by atoms with van der Waals surface area (Å²) in [6.07, 6.45) is 1.59. The topological polar surface area (TPSA) is 86.7 Å². The second-order valence-electron chi connectivity index (χ2n) is 5.87. The minimum atomic E-state index is -3.70. The van der Waals surface area contributed by atoms with Crippen LogP contribution in [0.15, 0.2) is 41.3 Å². The smallest absolute Gasteiger partial charge is 0.257 e. The van der Waals surface area contributed by atoms with Gasteiger partial charge in [-0.25, -0.2) is 12.8 Å². The Labute approximate surface area is 155 Å². The molecule has 2 aromatic carbocycles. The number of hydrogen-bond acceptors (Lipinski definition) is 4. The van der Waals surface area contributed by atoms with E-state index in [-0.39, 0.29) is 26.9 Å². The van der Waals surface area contributed by atoms with Crippen LogP contribution in [0, 0.1) is 5.82 Å². The summed E-state index contributed by atoms with van der Waals surface area (Å²) in [4.78, 5) is 12.3. The van der Waals surface area contributed by atoms with Gasteiger partial charge in [-0.2, -0.15) is 4.31 Å². The Morgan fingerprint density at radius 3 is 2.50 bits per heavy atom. The molecule has 0 aliphatic carbocycles. The quantitative estimate of drug-likeness (QED) is 0.774. The van der Waals surface area contributed by atoms with Crippen LogP contribution in [0.3, 0.4) is 0 Å². The summed E-state index contributed by atoms with van der Waals surface area (Å²) in [5.74, 6) is -1.58. The van der Waals surface area contributed by atoms with Crippen LogP contribution in [-0.4, -0.2) is 36.8 Å². The maximum absolute atomic E-state index is 13.1. The van der Waals surface area contributed by atoms with Crippen LogP contribution in [0.25, 0.3) is 0 Å². The van der Waals surface area contributed by atoms with E-state index in [9.17, 15) is 22.7 Å². The number of carbonyl (C=O) groups excluding carboxylic acids is 1. The second-order valence-corrected chi connectivity index (χ2v) is 8.21. The Kier molecular flexibility index (Phi) is 5.17. The maximum Gasteiger partial charge on any atom is 0.257 e. The predicted octanol–water partition coefficient (Wildman–Crippen LogP) is 3.22. The number of anilines is 1. The fourth-order valence-corrected chi connectivity index (χ4v) is 4.51. The summed E-state index contributed by atoms with van der Waals surface area (Å²) in [5.41, 5.74) is -0.0732. The summed E-state index contributed by atoms with van der Waals surface area (Å²) in [7, 11) is -3.70. The minimum absolute atomic E-state index is 0.000250. The number of hydrogen-bond donors (Lipinski definition) is 2. The van der Waals surface area contributed by atoms with Crippen molar-refractivity contribution in [3.63, 3.8) is 0 Å². The molecule has 1 aliphatic heterocycles. The molecule has 1 heterocycles. The maximum atomic E-state index is 13.1. The molecule has 138 valence electrons. The molecule has 0 saturated carbocycles. The Morgan fingerprint density at radius 1 is 1.15 bits per heavy atom.